The Morgan fingerprint density at radius 2 is 1.96 bits per heavy atom. The fraction of sp³-hybridized carbons (Fsp3) is 0.476. The molecule has 0 aliphatic carbocycles. The third-order valence-electron chi connectivity index (χ3n) is 5.22. The third kappa shape index (κ3) is 4.71. The van der Waals surface area contributed by atoms with Crippen LogP contribution in [0, 0.1) is 6.92 Å². The molecule has 1 fully saturated rings. The van der Waals surface area contributed by atoms with Gasteiger partial charge >= 0.3 is 5.69 Å². The highest BCUT2D eigenvalue weighted by atomic mass is 16.2. The zero-order valence-electron chi connectivity index (χ0n) is 16.7. The lowest BCUT2D eigenvalue weighted by Crippen LogP contribution is -2.47. The number of aryl methyl sites for hydroxylation is 1. The molecule has 0 bridgehead atoms. The predicted molar refractivity (Wildman–Crippen MR) is 110 cm³/mol. The van der Waals surface area contributed by atoms with Gasteiger partial charge in [-0.25, -0.2) is 4.79 Å². The molecule has 2 N–H and O–H groups in total. The van der Waals surface area contributed by atoms with Crippen LogP contribution in [-0.2, 0) is 11.3 Å². The van der Waals surface area contributed by atoms with Crippen LogP contribution in [0.3, 0.4) is 0 Å². The normalized spacial score (nSPS) is 17.0. The maximum absolute atomic E-state index is 12.7. The van der Waals surface area contributed by atoms with Crippen molar-refractivity contribution in [3.8, 4) is 0 Å². The summed E-state index contributed by atoms with van der Waals surface area (Å²) >= 11 is 0. The van der Waals surface area contributed by atoms with Crippen molar-refractivity contribution < 1.29 is 4.79 Å². The number of nitrogens with one attached hydrogen (secondary N) is 2. The number of anilines is 1. The second-order valence-electron chi connectivity index (χ2n) is 7.80. The molecule has 0 unspecified atom stereocenters. The van der Waals surface area contributed by atoms with Gasteiger partial charge in [0, 0.05) is 36.6 Å². The van der Waals surface area contributed by atoms with Gasteiger partial charge in [0.2, 0.25) is 5.91 Å². The molecule has 7 heteroatoms. The molecular weight excluding hydrogens is 356 g/mol. The lowest BCUT2D eigenvalue weighted by Gasteiger charge is -2.34. The summed E-state index contributed by atoms with van der Waals surface area (Å²) in [5, 5.41) is 3.51. The highest BCUT2D eigenvalue weighted by Crippen LogP contribution is 2.20. The van der Waals surface area contributed by atoms with Gasteiger partial charge in [0.25, 0.3) is 5.56 Å². The van der Waals surface area contributed by atoms with E-state index in [0.29, 0.717) is 24.6 Å². The first-order chi connectivity index (χ1) is 13.3. The maximum atomic E-state index is 12.7. The van der Waals surface area contributed by atoms with Gasteiger partial charge in [0.1, 0.15) is 6.54 Å². The number of nitrogens with zero attached hydrogens (tertiary/aromatic N) is 2. The van der Waals surface area contributed by atoms with Crippen molar-refractivity contribution in [1.29, 1.82) is 0 Å². The van der Waals surface area contributed by atoms with Crippen LogP contribution in [0.4, 0.5) is 5.69 Å². The molecule has 3 rings (SSSR count). The van der Waals surface area contributed by atoms with Crippen LogP contribution in [0.15, 0.2) is 40.1 Å². The number of aromatic amines is 1. The summed E-state index contributed by atoms with van der Waals surface area (Å²) in [5.41, 5.74) is 1.79. The van der Waals surface area contributed by atoms with Gasteiger partial charge in [-0.2, -0.15) is 0 Å². The average molecular weight is 384 g/mol. The molecule has 1 aromatic heterocycles. The highest BCUT2D eigenvalue weighted by molar-refractivity contribution is 5.76. The van der Waals surface area contributed by atoms with E-state index in [2.05, 4.69) is 48.4 Å². The molecule has 1 saturated heterocycles. The Morgan fingerprint density at radius 3 is 2.64 bits per heavy atom. The largest absolute Gasteiger partial charge is 0.381 e. The zero-order chi connectivity index (χ0) is 20.3. The van der Waals surface area contributed by atoms with Crippen LogP contribution < -0.4 is 16.6 Å². The van der Waals surface area contributed by atoms with Crippen molar-refractivity contribution in [3.63, 3.8) is 0 Å². The fourth-order valence-electron chi connectivity index (χ4n) is 3.50. The SMILES string of the molecule is Cc1cn(CC(=O)N2CCC[C@@H](Nc3ccc(C(C)C)cc3)C2)c(=O)[nH]c1=O. The molecule has 0 spiro atoms. The summed E-state index contributed by atoms with van der Waals surface area (Å²) in [4.78, 5) is 40.1. The molecule has 1 amide bonds. The van der Waals surface area contributed by atoms with Gasteiger partial charge in [-0.3, -0.25) is 19.1 Å². The van der Waals surface area contributed by atoms with Crippen LogP contribution in [0.2, 0.25) is 0 Å². The summed E-state index contributed by atoms with van der Waals surface area (Å²) in [7, 11) is 0. The number of carbonyl (C=O) groups is 1. The van der Waals surface area contributed by atoms with Crippen LogP contribution >= 0.6 is 0 Å². The standard InChI is InChI=1S/C21H28N4O3/c1-14(2)16-6-8-17(9-7-16)22-18-5-4-10-24(12-18)19(26)13-25-11-15(3)20(27)23-21(25)28/h6-9,11,14,18,22H,4-5,10,12-13H2,1-3H3,(H,23,27,28)/t18-/m1/s1. The Labute approximate surface area is 164 Å². The molecule has 0 saturated carbocycles. The van der Waals surface area contributed by atoms with E-state index in [4.69, 9.17) is 0 Å². The van der Waals surface area contributed by atoms with Crippen LogP contribution in [0.1, 0.15) is 43.7 Å². The number of likely N-dealkylation sites (tertiary alicyclic amines) is 1. The van der Waals surface area contributed by atoms with Gasteiger partial charge in [0.15, 0.2) is 0 Å². The molecular formula is C21H28N4O3. The van der Waals surface area contributed by atoms with E-state index in [-0.39, 0.29) is 18.5 Å². The smallest absolute Gasteiger partial charge is 0.328 e. The quantitative estimate of drug-likeness (QED) is 0.826. The van der Waals surface area contributed by atoms with Crippen LogP contribution in [-0.4, -0.2) is 39.5 Å². The summed E-state index contributed by atoms with van der Waals surface area (Å²) in [6.07, 6.45) is 3.34. The van der Waals surface area contributed by atoms with Gasteiger partial charge in [-0.1, -0.05) is 26.0 Å². The van der Waals surface area contributed by atoms with Crippen molar-refractivity contribution in [1.82, 2.24) is 14.5 Å². The molecule has 150 valence electrons. The number of piperidine rings is 1. The first kappa shape index (κ1) is 19.9. The first-order valence-corrected chi connectivity index (χ1v) is 9.78. The number of H-pyrrole nitrogens is 1. The summed E-state index contributed by atoms with van der Waals surface area (Å²) in [6, 6.07) is 8.60. The summed E-state index contributed by atoms with van der Waals surface area (Å²) in [6.45, 7) is 7.17. The number of amides is 1. The molecule has 0 radical (unpaired) electrons. The molecule has 1 aliphatic heterocycles. The van der Waals surface area contributed by atoms with E-state index < -0.39 is 11.2 Å². The Kier molecular flexibility index (Phi) is 6.02. The van der Waals surface area contributed by atoms with Crippen molar-refractivity contribution in [3.05, 3.63) is 62.4 Å². The van der Waals surface area contributed by atoms with E-state index >= 15 is 0 Å². The fourth-order valence-corrected chi connectivity index (χ4v) is 3.50. The summed E-state index contributed by atoms with van der Waals surface area (Å²) < 4.78 is 1.26. The van der Waals surface area contributed by atoms with Gasteiger partial charge in [0.05, 0.1) is 0 Å². The number of carbonyl (C=O) groups excluding carboxylic acids is 1. The second-order valence-corrected chi connectivity index (χ2v) is 7.80. The minimum atomic E-state index is -0.555. The number of benzene rings is 1. The number of hydrogen-bond acceptors (Lipinski definition) is 4. The maximum Gasteiger partial charge on any atom is 0.328 e. The van der Waals surface area contributed by atoms with Gasteiger partial charge < -0.3 is 10.2 Å². The van der Waals surface area contributed by atoms with Crippen molar-refractivity contribution >= 4 is 11.6 Å². The minimum absolute atomic E-state index is 0.0632. The Bertz CT molecular complexity index is 943. The third-order valence-corrected chi connectivity index (χ3v) is 5.22. The van der Waals surface area contributed by atoms with E-state index in [0.717, 1.165) is 18.5 Å². The zero-order valence-corrected chi connectivity index (χ0v) is 16.7. The van der Waals surface area contributed by atoms with Crippen molar-refractivity contribution in [2.24, 2.45) is 0 Å². The highest BCUT2D eigenvalue weighted by Gasteiger charge is 2.24. The lowest BCUT2D eigenvalue weighted by molar-refractivity contribution is -0.133. The van der Waals surface area contributed by atoms with Crippen LogP contribution in [0.25, 0.3) is 0 Å². The topological polar surface area (TPSA) is 87.2 Å². The second kappa shape index (κ2) is 8.46. The molecule has 2 aromatic rings. The first-order valence-electron chi connectivity index (χ1n) is 9.78. The molecule has 1 aliphatic rings. The monoisotopic (exact) mass is 384 g/mol. The van der Waals surface area contributed by atoms with E-state index in [1.807, 2.05) is 0 Å². The number of hydrogen-bond donors (Lipinski definition) is 2. The molecule has 1 atom stereocenters. The molecule has 28 heavy (non-hydrogen) atoms. The van der Waals surface area contributed by atoms with Crippen molar-refractivity contribution in [2.75, 3.05) is 18.4 Å². The Hall–Kier alpha value is -2.83. The summed E-state index contributed by atoms with van der Waals surface area (Å²) in [5.74, 6) is 0.381. The minimum Gasteiger partial charge on any atom is -0.381 e. The van der Waals surface area contributed by atoms with Crippen LogP contribution in [0.5, 0.6) is 0 Å². The Balaban J connectivity index is 1.62. The van der Waals surface area contributed by atoms with E-state index in [1.54, 1.807) is 11.8 Å². The van der Waals surface area contributed by atoms with Gasteiger partial charge in [-0.15, -0.1) is 0 Å². The Morgan fingerprint density at radius 1 is 1.25 bits per heavy atom. The number of rotatable bonds is 5. The molecule has 1 aromatic carbocycles. The van der Waals surface area contributed by atoms with E-state index in [9.17, 15) is 14.4 Å². The lowest BCUT2D eigenvalue weighted by atomic mass is 10.0. The average Bonchev–Trinajstić information content (AvgIpc) is 2.66. The van der Waals surface area contributed by atoms with Crippen molar-refractivity contribution in [2.45, 2.75) is 52.1 Å². The molecule has 2 heterocycles. The molecule has 7 nitrogen and oxygen atoms in total. The van der Waals surface area contributed by atoms with Gasteiger partial charge in [-0.05, 0) is 43.4 Å². The number of aromatic nitrogens is 2. The predicted octanol–water partition coefficient (Wildman–Crippen LogP) is 2.07. The van der Waals surface area contributed by atoms with E-state index in [1.165, 1.54) is 16.3 Å².